The van der Waals surface area contributed by atoms with E-state index >= 15 is 0 Å². The third-order valence-corrected chi connectivity index (χ3v) is 2.43. The first-order valence-corrected chi connectivity index (χ1v) is 5.36. The quantitative estimate of drug-likeness (QED) is 0.631. The van der Waals surface area contributed by atoms with Crippen molar-refractivity contribution in [1.82, 2.24) is 0 Å². The van der Waals surface area contributed by atoms with Gasteiger partial charge in [-0.25, -0.2) is 4.99 Å². The third-order valence-electron chi connectivity index (χ3n) is 2.43. The molecule has 1 aliphatic rings. The van der Waals surface area contributed by atoms with Gasteiger partial charge in [0.2, 0.25) is 0 Å². The summed E-state index contributed by atoms with van der Waals surface area (Å²) in [6.07, 6.45) is 0.805. The molecule has 0 amide bonds. The molecule has 5 heteroatoms. The minimum atomic E-state index is -0.495. The number of para-hydroxylation sites is 1. The second kappa shape index (κ2) is 5.45. The molecule has 90 valence electrons. The molecule has 1 atom stereocenters. The van der Waals surface area contributed by atoms with Crippen molar-refractivity contribution in [2.45, 2.75) is 6.04 Å². The first-order valence-electron chi connectivity index (χ1n) is 5.36. The fourth-order valence-corrected chi connectivity index (χ4v) is 1.61. The Bertz CT molecular complexity index is 432. The summed E-state index contributed by atoms with van der Waals surface area (Å²) >= 11 is 0. The van der Waals surface area contributed by atoms with Crippen LogP contribution in [0.4, 0.5) is 5.69 Å². The SMILES string of the molecule is COCCOC1=NC(C=O)c2ccccc2N1. The van der Waals surface area contributed by atoms with E-state index in [9.17, 15) is 4.79 Å². The molecule has 1 aliphatic heterocycles. The van der Waals surface area contributed by atoms with Gasteiger partial charge in [-0.1, -0.05) is 18.2 Å². The lowest BCUT2D eigenvalue weighted by molar-refractivity contribution is -0.109. The van der Waals surface area contributed by atoms with E-state index in [0.717, 1.165) is 17.5 Å². The number of carbonyl (C=O) groups is 1. The van der Waals surface area contributed by atoms with Crippen molar-refractivity contribution in [3.05, 3.63) is 29.8 Å². The molecule has 2 rings (SSSR count). The highest BCUT2D eigenvalue weighted by atomic mass is 16.5. The number of hydrogen-bond donors (Lipinski definition) is 1. The first kappa shape index (κ1) is 11.6. The summed E-state index contributed by atoms with van der Waals surface area (Å²) < 4.78 is 10.2. The standard InChI is InChI=1S/C12H14N2O3/c1-16-6-7-17-12-13-10-5-3-2-4-9(10)11(8-15)14-12/h2-5,8,11H,6-7H2,1H3,(H,13,14). The minimum absolute atomic E-state index is 0.359. The zero-order valence-corrected chi connectivity index (χ0v) is 9.55. The molecule has 5 nitrogen and oxygen atoms in total. The minimum Gasteiger partial charge on any atom is -0.463 e. The molecular formula is C12H14N2O3. The van der Waals surface area contributed by atoms with Gasteiger partial charge in [0.05, 0.1) is 6.61 Å². The molecule has 1 N–H and O–H groups in total. The zero-order valence-electron chi connectivity index (χ0n) is 9.55. The first-order chi connectivity index (χ1) is 8.35. The Balaban J connectivity index is 2.12. The average Bonchev–Trinajstić information content (AvgIpc) is 2.38. The molecule has 1 heterocycles. The number of carbonyl (C=O) groups excluding carboxylic acids is 1. The number of aldehydes is 1. The number of anilines is 1. The van der Waals surface area contributed by atoms with Gasteiger partial charge in [-0.05, 0) is 6.07 Å². The second-order valence-corrected chi connectivity index (χ2v) is 3.57. The number of rotatable bonds is 4. The summed E-state index contributed by atoms with van der Waals surface area (Å²) in [7, 11) is 1.60. The van der Waals surface area contributed by atoms with Crippen LogP contribution in [-0.2, 0) is 14.3 Å². The number of amidine groups is 1. The summed E-state index contributed by atoms with van der Waals surface area (Å²) in [4.78, 5) is 15.2. The van der Waals surface area contributed by atoms with Crippen LogP contribution in [0.15, 0.2) is 29.3 Å². The van der Waals surface area contributed by atoms with E-state index in [1.165, 1.54) is 0 Å². The van der Waals surface area contributed by atoms with Crippen LogP contribution in [0, 0.1) is 0 Å². The average molecular weight is 234 g/mol. The van der Waals surface area contributed by atoms with Crippen molar-refractivity contribution >= 4 is 18.0 Å². The highest BCUT2D eigenvalue weighted by Crippen LogP contribution is 2.28. The summed E-state index contributed by atoms with van der Waals surface area (Å²) in [5.41, 5.74) is 1.72. The molecule has 0 aliphatic carbocycles. The van der Waals surface area contributed by atoms with Gasteiger partial charge >= 0.3 is 0 Å². The summed E-state index contributed by atoms with van der Waals surface area (Å²) in [5.74, 6) is 0. The molecule has 0 spiro atoms. The fourth-order valence-electron chi connectivity index (χ4n) is 1.61. The van der Waals surface area contributed by atoms with Crippen LogP contribution in [0.3, 0.4) is 0 Å². The largest absolute Gasteiger partial charge is 0.463 e. The van der Waals surface area contributed by atoms with Gasteiger partial charge in [-0.2, -0.15) is 0 Å². The van der Waals surface area contributed by atoms with E-state index in [4.69, 9.17) is 9.47 Å². The molecule has 0 saturated heterocycles. The summed E-state index contributed by atoms with van der Waals surface area (Å²) in [5, 5.41) is 3.03. The third kappa shape index (κ3) is 2.62. The lowest BCUT2D eigenvalue weighted by Gasteiger charge is -2.21. The lowest BCUT2D eigenvalue weighted by Crippen LogP contribution is -2.24. The highest BCUT2D eigenvalue weighted by Gasteiger charge is 2.20. The number of fused-ring (bicyclic) bond motifs is 1. The number of nitrogens with zero attached hydrogens (tertiary/aromatic N) is 1. The van der Waals surface area contributed by atoms with Crippen molar-refractivity contribution in [3.63, 3.8) is 0 Å². The van der Waals surface area contributed by atoms with Crippen molar-refractivity contribution in [2.24, 2.45) is 4.99 Å². The Kier molecular flexibility index (Phi) is 3.72. The highest BCUT2D eigenvalue weighted by molar-refractivity contribution is 5.94. The number of ether oxygens (including phenoxy) is 2. The molecule has 1 unspecified atom stereocenters. The summed E-state index contributed by atoms with van der Waals surface area (Å²) in [6.45, 7) is 0.879. The Morgan fingerprint density at radius 3 is 3.00 bits per heavy atom. The van der Waals surface area contributed by atoms with Crippen molar-refractivity contribution in [1.29, 1.82) is 0 Å². The van der Waals surface area contributed by atoms with Gasteiger partial charge in [0.1, 0.15) is 18.9 Å². The second-order valence-electron chi connectivity index (χ2n) is 3.57. The van der Waals surface area contributed by atoms with E-state index in [1.54, 1.807) is 7.11 Å². The van der Waals surface area contributed by atoms with Crippen LogP contribution in [-0.4, -0.2) is 32.6 Å². The van der Waals surface area contributed by atoms with Crippen molar-refractivity contribution in [3.8, 4) is 0 Å². The van der Waals surface area contributed by atoms with Crippen molar-refractivity contribution < 1.29 is 14.3 Å². The van der Waals surface area contributed by atoms with E-state index in [2.05, 4.69) is 10.3 Å². The molecule has 0 fully saturated rings. The Morgan fingerprint density at radius 1 is 1.41 bits per heavy atom. The van der Waals surface area contributed by atoms with Crippen LogP contribution >= 0.6 is 0 Å². The van der Waals surface area contributed by atoms with Crippen molar-refractivity contribution in [2.75, 3.05) is 25.6 Å². The van der Waals surface area contributed by atoms with Gasteiger partial charge < -0.3 is 19.6 Å². The fraction of sp³-hybridized carbons (Fsp3) is 0.333. The van der Waals surface area contributed by atoms with Crippen LogP contribution in [0.1, 0.15) is 11.6 Å². The smallest absolute Gasteiger partial charge is 0.290 e. The van der Waals surface area contributed by atoms with Gasteiger partial charge in [-0.3, -0.25) is 0 Å². The van der Waals surface area contributed by atoms with E-state index < -0.39 is 6.04 Å². The number of benzene rings is 1. The summed E-state index contributed by atoms with van der Waals surface area (Å²) in [6, 6.07) is 7.40. The monoisotopic (exact) mass is 234 g/mol. The van der Waals surface area contributed by atoms with Crippen LogP contribution in [0.2, 0.25) is 0 Å². The number of hydrogen-bond acceptors (Lipinski definition) is 5. The topological polar surface area (TPSA) is 59.9 Å². The maximum absolute atomic E-state index is 11.0. The van der Waals surface area contributed by atoms with E-state index in [1.807, 2.05) is 24.3 Å². The Labute approximate surface area is 99.4 Å². The van der Waals surface area contributed by atoms with Gasteiger partial charge in [0, 0.05) is 18.4 Å². The van der Waals surface area contributed by atoms with Gasteiger partial charge in [-0.15, -0.1) is 0 Å². The molecule has 1 aromatic carbocycles. The normalized spacial score (nSPS) is 17.7. The number of aliphatic imine (C=N–C) groups is 1. The Hall–Kier alpha value is -1.88. The van der Waals surface area contributed by atoms with Gasteiger partial charge in [0.25, 0.3) is 6.02 Å². The Morgan fingerprint density at radius 2 is 2.24 bits per heavy atom. The number of methoxy groups -OCH3 is 1. The molecule has 1 aromatic rings. The maximum Gasteiger partial charge on any atom is 0.290 e. The molecule has 17 heavy (non-hydrogen) atoms. The van der Waals surface area contributed by atoms with Crippen LogP contribution in [0.5, 0.6) is 0 Å². The molecule has 0 saturated carbocycles. The molecule has 0 radical (unpaired) electrons. The van der Waals surface area contributed by atoms with Gasteiger partial charge in [0.15, 0.2) is 0 Å². The molecule has 0 bridgehead atoms. The maximum atomic E-state index is 11.0. The molecule has 0 aromatic heterocycles. The predicted molar refractivity (Wildman–Crippen MR) is 64.1 cm³/mol. The zero-order chi connectivity index (χ0) is 12.1. The van der Waals surface area contributed by atoms with E-state index in [0.29, 0.717) is 19.2 Å². The number of nitrogens with one attached hydrogen (secondary N) is 1. The van der Waals surface area contributed by atoms with Crippen LogP contribution in [0.25, 0.3) is 0 Å². The van der Waals surface area contributed by atoms with Crippen LogP contribution < -0.4 is 5.32 Å². The van der Waals surface area contributed by atoms with E-state index in [-0.39, 0.29) is 0 Å². The lowest BCUT2D eigenvalue weighted by atomic mass is 10.1. The predicted octanol–water partition coefficient (Wildman–Crippen LogP) is 1.37. The molecular weight excluding hydrogens is 220 g/mol.